The summed E-state index contributed by atoms with van der Waals surface area (Å²) in [6.07, 6.45) is 0. The number of nitro groups is 1. The monoisotopic (exact) mass is 116 g/mol. The van der Waals surface area contributed by atoms with Crippen molar-refractivity contribution in [3.63, 3.8) is 0 Å². The summed E-state index contributed by atoms with van der Waals surface area (Å²) in [7, 11) is 0. The smallest absolute Gasteiger partial charge is 0.172 e. The zero-order chi connectivity index (χ0) is 5.98. The number of rotatable bonds is 1. The van der Waals surface area contributed by atoms with E-state index < -0.39 is 5.03 Å². The molecule has 0 spiro atoms. The van der Waals surface area contributed by atoms with E-state index in [1.54, 1.807) is 0 Å². The summed E-state index contributed by atoms with van der Waals surface area (Å²) >= 11 is 0. The Bertz CT molecular complexity index is 132. The molecule has 0 aliphatic carbocycles. The Kier molecular flexibility index (Phi) is 1.07. The summed E-state index contributed by atoms with van der Waals surface area (Å²) in [6.45, 7) is 0.730. The number of hydrogen-bond donors (Lipinski definition) is 0. The molecule has 0 N–H and O–H groups in total. The van der Waals surface area contributed by atoms with Crippen molar-refractivity contribution in [2.45, 2.75) is 0 Å². The number of hydrazine groups is 1. The van der Waals surface area contributed by atoms with E-state index in [9.17, 15) is 10.1 Å². The zero-order valence-corrected chi connectivity index (χ0v) is 4.02. The molecule has 0 unspecified atom stereocenters. The molecule has 0 bridgehead atoms. The van der Waals surface area contributed by atoms with E-state index in [0.717, 1.165) is 0 Å². The van der Waals surface area contributed by atoms with Gasteiger partial charge in [0.25, 0.3) is 0 Å². The normalized spacial score (nSPS) is 17.2. The standard InChI is InChI=1S/C2H4N4O2/c7-6(8)5-2-1-3-4-5/h1-2H2. The van der Waals surface area contributed by atoms with Crippen molar-refractivity contribution in [3.05, 3.63) is 10.1 Å². The van der Waals surface area contributed by atoms with Crippen molar-refractivity contribution in [2.24, 2.45) is 10.3 Å². The zero-order valence-electron chi connectivity index (χ0n) is 4.02. The van der Waals surface area contributed by atoms with Gasteiger partial charge in [-0.1, -0.05) is 5.11 Å². The van der Waals surface area contributed by atoms with Gasteiger partial charge in [-0.2, -0.15) is 0 Å². The van der Waals surface area contributed by atoms with Gasteiger partial charge in [0.05, 0.1) is 5.03 Å². The summed E-state index contributed by atoms with van der Waals surface area (Å²) < 4.78 is 0. The first kappa shape index (κ1) is 4.95. The molecule has 0 aromatic heterocycles. The van der Waals surface area contributed by atoms with Crippen LogP contribution in [0.15, 0.2) is 10.3 Å². The SMILES string of the molecule is O=[N+]([O-])N1CCN=N1. The molecule has 0 atom stereocenters. The fraction of sp³-hybridized carbons (Fsp3) is 1.00. The first-order valence-corrected chi connectivity index (χ1v) is 2.10. The van der Waals surface area contributed by atoms with Gasteiger partial charge in [0, 0.05) is 5.12 Å². The third-order valence-electron chi connectivity index (χ3n) is 0.755. The Hall–Kier alpha value is -1.20. The van der Waals surface area contributed by atoms with Crippen LogP contribution in [-0.4, -0.2) is 23.2 Å². The van der Waals surface area contributed by atoms with Crippen molar-refractivity contribution < 1.29 is 5.03 Å². The Morgan fingerprint density at radius 3 is 2.75 bits per heavy atom. The fourth-order valence-electron chi connectivity index (χ4n) is 0.411. The minimum absolute atomic E-state index is 0.299. The lowest BCUT2D eigenvalue weighted by molar-refractivity contribution is -0.655. The minimum atomic E-state index is -0.587. The van der Waals surface area contributed by atoms with Gasteiger partial charge >= 0.3 is 0 Å². The van der Waals surface area contributed by atoms with Gasteiger partial charge in [-0.25, -0.2) is 0 Å². The van der Waals surface area contributed by atoms with Gasteiger partial charge in [-0.15, -0.1) is 0 Å². The summed E-state index contributed by atoms with van der Waals surface area (Å²) in [4.78, 5) is 9.78. The summed E-state index contributed by atoms with van der Waals surface area (Å²) in [5, 5.41) is 16.5. The molecule has 1 aliphatic heterocycles. The average molecular weight is 116 g/mol. The van der Waals surface area contributed by atoms with Crippen LogP contribution in [0, 0.1) is 10.1 Å². The van der Waals surface area contributed by atoms with Gasteiger partial charge in [-0.05, 0) is 0 Å². The molecule has 6 nitrogen and oxygen atoms in total. The van der Waals surface area contributed by atoms with Gasteiger partial charge in [0.2, 0.25) is 0 Å². The molecule has 1 rings (SSSR count). The minimum Gasteiger partial charge on any atom is -0.339 e. The molecule has 6 heteroatoms. The molecule has 0 radical (unpaired) electrons. The second-order valence-electron chi connectivity index (χ2n) is 1.29. The molecule has 0 saturated carbocycles. The van der Waals surface area contributed by atoms with Crippen LogP contribution in [0.2, 0.25) is 0 Å². The maximum atomic E-state index is 9.78. The van der Waals surface area contributed by atoms with E-state index in [1.165, 1.54) is 0 Å². The van der Waals surface area contributed by atoms with Crippen LogP contribution in [0.5, 0.6) is 0 Å². The third kappa shape index (κ3) is 0.722. The average Bonchev–Trinajstić information content (AvgIpc) is 2.12. The second kappa shape index (κ2) is 1.73. The van der Waals surface area contributed by atoms with Crippen molar-refractivity contribution in [1.82, 2.24) is 5.12 Å². The number of hydrogen-bond acceptors (Lipinski definition) is 4. The van der Waals surface area contributed by atoms with Gasteiger partial charge in [0.1, 0.15) is 13.1 Å². The van der Waals surface area contributed by atoms with Crippen LogP contribution in [0.1, 0.15) is 0 Å². The lowest BCUT2D eigenvalue weighted by atomic mass is 10.7. The first-order chi connectivity index (χ1) is 3.80. The molecule has 0 aromatic carbocycles. The summed E-state index contributed by atoms with van der Waals surface area (Å²) in [6, 6.07) is 0. The molecule has 0 fully saturated rings. The summed E-state index contributed by atoms with van der Waals surface area (Å²) in [5.41, 5.74) is 0. The largest absolute Gasteiger partial charge is 0.339 e. The maximum absolute atomic E-state index is 9.78. The quantitative estimate of drug-likeness (QED) is 0.353. The van der Waals surface area contributed by atoms with E-state index in [-0.39, 0.29) is 0 Å². The van der Waals surface area contributed by atoms with E-state index in [2.05, 4.69) is 10.3 Å². The first-order valence-electron chi connectivity index (χ1n) is 2.10. The third-order valence-corrected chi connectivity index (χ3v) is 0.755. The molecule has 1 aliphatic rings. The second-order valence-corrected chi connectivity index (χ2v) is 1.29. The van der Waals surface area contributed by atoms with Crippen molar-refractivity contribution in [2.75, 3.05) is 13.1 Å². The van der Waals surface area contributed by atoms with E-state index in [4.69, 9.17) is 0 Å². The highest BCUT2D eigenvalue weighted by Gasteiger charge is 2.17. The van der Waals surface area contributed by atoms with E-state index >= 15 is 0 Å². The van der Waals surface area contributed by atoms with Gasteiger partial charge < -0.3 is 10.1 Å². The maximum Gasteiger partial charge on any atom is 0.172 e. The number of nitrogens with zero attached hydrogens (tertiary/aromatic N) is 4. The Morgan fingerprint density at radius 1 is 1.75 bits per heavy atom. The molecule has 8 heavy (non-hydrogen) atoms. The summed E-state index contributed by atoms with van der Waals surface area (Å²) in [5.74, 6) is 0. The lowest BCUT2D eigenvalue weighted by Gasteiger charge is -1.97. The highest BCUT2D eigenvalue weighted by Crippen LogP contribution is 1.97. The van der Waals surface area contributed by atoms with Crippen molar-refractivity contribution in [3.8, 4) is 0 Å². The Morgan fingerprint density at radius 2 is 2.50 bits per heavy atom. The fourth-order valence-corrected chi connectivity index (χ4v) is 0.411. The van der Waals surface area contributed by atoms with Gasteiger partial charge in [-0.3, -0.25) is 0 Å². The van der Waals surface area contributed by atoms with Crippen LogP contribution in [0.4, 0.5) is 0 Å². The molecule has 1 heterocycles. The van der Waals surface area contributed by atoms with Crippen LogP contribution in [0.3, 0.4) is 0 Å². The van der Waals surface area contributed by atoms with Crippen LogP contribution < -0.4 is 0 Å². The van der Waals surface area contributed by atoms with Crippen molar-refractivity contribution >= 4 is 0 Å². The Balaban J connectivity index is 2.48. The van der Waals surface area contributed by atoms with Crippen molar-refractivity contribution in [1.29, 1.82) is 0 Å². The van der Waals surface area contributed by atoms with Crippen LogP contribution >= 0.6 is 0 Å². The highest BCUT2D eigenvalue weighted by molar-refractivity contribution is 4.46. The van der Waals surface area contributed by atoms with Crippen LogP contribution in [0.25, 0.3) is 0 Å². The molecule has 0 amide bonds. The molecule has 0 saturated heterocycles. The highest BCUT2D eigenvalue weighted by atomic mass is 16.7. The Labute approximate surface area is 44.9 Å². The molecular formula is C2H4N4O2. The predicted molar refractivity (Wildman–Crippen MR) is 23.4 cm³/mol. The predicted octanol–water partition coefficient (Wildman–Crippen LogP) is -0.139. The van der Waals surface area contributed by atoms with E-state index in [0.29, 0.717) is 18.2 Å². The van der Waals surface area contributed by atoms with Crippen LogP contribution in [-0.2, 0) is 0 Å². The molecular weight excluding hydrogens is 112 g/mol. The molecule has 44 valence electrons. The van der Waals surface area contributed by atoms with Gasteiger partial charge in [0.15, 0.2) is 5.22 Å². The molecule has 0 aromatic rings. The van der Waals surface area contributed by atoms with E-state index in [1.807, 2.05) is 0 Å². The lowest BCUT2D eigenvalue weighted by Crippen LogP contribution is -2.22. The topological polar surface area (TPSA) is 71.1 Å².